The van der Waals surface area contributed by atoms with Crippen LogP contribution < -0.4 is 5.32 Å². The summed E-state index contributed by atoms with van der Waals surface area (Å²) >= 11 is 0. The molecule has 0 unspecified atom stereocenters. The molecule has 0 bridgehead atoms. The van der Waals surface area contributed by atoms with E-state index in [-0.39, 0.29) is 17.4 Å². The van der Waals surface area contributed by atoms with Crippen molar-refractivity contribution in [2.45, 2.75) is 13.0 Å². The van der Waals surface area contributed by atoms with Crippen LogP contribution in [0.25, 0.3) is 10.8 Å². The van der Waals surface area contributed by atoms with Gasteiger partial charge in [0.2, 0.25) is 0 Å². The minimum Gasteiger partial charge on any atom is -0.507 e. The molecule has 0 saturated carbocycles. The van der Waals surface area contributed by atoms with E-state index in [9.17, 15) is 14.7 Å². The van der Waals surface area contributed by atoms with Crippen LogP contribution in [0, 0.1) is 0 Å². The molecule has 0 aliphatic carbocycles. The monoisotopic (exact) mass is 349 g/mol. The van der Waals surface area contributed by atoms with Gasteiger partial charge in [0, 0.05) is 0 Å². The van der Waals surface area contributed by atoms with Crippen LogP contribution in [0.1, 0.15) is 28.9 Å². The molecule has 0 spiro atoms. The molecule has 0 aliphatic heterocycles. The number of hydrogen-bond acceptors (Lipinski definition) is 4. The summed E-state index contributed by atoms with van der Waals surface area (Å²) in [4.78, 5) is 24.1. The molecular formula is C21H19NO4. The number of rotatable bonds is 5. The van der Waals surface area contributed by atoms with Crippen LogP contribution in [0.2, 0.25) is 0 Å². The Labute approximate surface area is 151 Å². The first-order chi connectivity index (χ1) is 12.6. The summed E-state index contributed by atoms with van der Waals surface area (Å²) in [6, 6.07) is 19.7. The third kappa shape index (κ3) is 3.83. The summed E-state index contributed by atoms with van der Waals surface area (Å²) in [6.45, 7) is 1.47. The molecule has 0 saturated heterocycles. The number of carbonyl (C=O) groups is 2. The molecule has 132 valence electrons. The zero-order valence-electron chi connectivity index (χ0n) is 14.3. The van der Waals surface area contributed by atoms with E-state index in [2.05, 4.69) is 5.32 Å². The van der Waals surface area contributed by atoms with Crippen molar-refractivity contribution in [2.75, 3.05) is 6.61 Å². The molecule has 0 aromatic heterocycles. The van der Waals surface area contributed by atoms with Gasteiger partial charge in [0.1, 0.15) is 11.3 Å². The van der Waals surface area contributed by atoms with Crippen LogP contribution in [0.4, 0.5) is 0 Å². The zero-order valence-corrected chi connectivity index (χ0v) is 14.3. The normalized spacial score (nSPS) is 11.7. The number of para-hydroxylation sites is 1. The summed E-state index contributed by atoms with van der Waals surface area (Å²) in [7, 11) is 0. The average Bonchev–Trinajstić information content (AvgIpc) is 2.66. The van der Waals surface area contributed by atoms with Crippen molar-refractivity contribution < 1.29 is 19.4 Å². The molecule has 1 atom stereocenters. The van der Waals surface area contributed by atoms with Crippen LogP contribution in [0.15, 0.2) is 66.7 Å². The highest BCUT2D eigenvalue weighted by molar-refractivity contribution is 5.94. The van der Waals surface area contributed by atoms with Crippen molar-refractivity contribution in [1.82, 2.24) is 5.32 Å². The Kier molecular flexibility index (Phi) is 5.17. The molecule has 0 radical (unpaired) electrons. The third-order valence-corrected chi connectivity index (χ3v) is 4.13. The lowest BCUT2D eigenvalue weighted by molar-refractivity contribution is -0.124. The average molecular weight is 349 g/mol. The van der Waals surface area contributed by atoms with Crippen molar-refractivity contribution in [2.24, 2.45) is 0 Å². The number of carbonyl (C=O) groups excluding carboxylic acids is 2. The summed E-state index contributed by atoms with van der Waals surface area (Å²) in [5, 5.41) is 14.6. The lowest BCUT2D eigenvalue weighted by Crippen LogP contribution is -2.31. The van der Waals surface area contributed by atoms with E-state index < -0.39 is 18.5 Å². The molecule has 0 aliphatic rings. The highest BCUT2D eigenvalue weighted by atomic mass is 16.5. The number of amides is 1. The van der Waals surface area contributed by atoms with Crippen molar-refractivity contribution in [1.29, 1.82) is 0 Å². The van der Waals surface area contributed by atoms with Gasteiger partial charge in [-0.25, -0.2) is 4.79 Å². The van der Waals surface area contributed by atoms with Crippen LogP contribution >= 0.6 is 0 Å². The van der Waals surface area contributed by atoms with Gasteiger partial charge in [-0.1, -0.05) is 54.6 Å². The molecular weight excluding hydrogens is 330 g/mol. The summed E-state index contributed by atoms with van der Waals surface area (Å²) < 4.78 is 4.98. The lowest BCUT2D eigenvalue weighted by Gasteiger charge is -2.16. The summed E-state index contributed by atoms with van der Waals surface area (Å²) in [5.74, 6) is -1.33. The fourth-order valence-electron chi connectivity index (χ4n) is 2.84. The van der Waals surface area contributed by atoms with Gasteiger partial charge in [-0.3, -0.25) is 4.79 Å². The first kappa shape index (κ1) is 17.5. The first-order valence-corrected chi connectivity index (χ1v) is 8.28. The first-order valence-electron chi connectivity index (χ1n) is 8.28. The molecule has 5 nitrogen and oxygen atoms in total. The second-order valence-electron chi connectivity index (χ2n) is 5.95. The van der Waals surface area contributed by atoms with Gasteiger partial charge in [-0.2, -0.15) is 0 Å². The maximum Gasteiger partial charge on any atom is 0.342 e. The maximum absolute atomic E-state index is 12.1. The zero-order chi connectivity index (χ0) is 18.5. The highest BCUT2D eigenvalue weighted by Gasteiger charge is 2.16. The Morgan fingerprint density at radius 2 is 1.69 bits per heavy atom. The van der Waals surface area contributed by atoms with Gasteiger partial charge in [0.25, 0.3) is 5.91 Å². The number of fused-ring (bicyclic) bond motifs is 1. The summed E-state index contributed by atoms with van der Waals surface area (Å²) in [6.07, 6.45) is 0. The minimum absolute atomic E-state index is 0.0300. The molecule has 26 heavy (non-hydrogen) atoms. The molecule has 3 aromatic carbocycles. The van der Waals surface area contributed by atoms with E-state index in [1.807, 2.05) is 49.4 Å². The van der Waals surface area contributed by atoms with Crippen molar-refractivity contribution in [3.05, 3.63) is 77.9 Å². The Hall–Kier alpha value is -3.34. The molecule has 0 heterocycles. The van der Waals surface area contributed by atoms with Gasteiger partial charge in [-0.15, -0.1) is 0 Å². The third-order valence-electron chi connectivity index (χ3n) is 4.13. The molecule has 2 N–H and O–H groups in total. The van der Waals surface area contributed by atoms with E-state index in [1.165, 1.54) is 12.1 Å². The topological polar surface area (TPSA) is 75.6 Å². The number of nitrogens with one attached hydrogen (secondary N) is 1. The van der Waals surface area contributed by atoms with E-state index in [0.29, 0.717) is 0 Å². The Morgan fingerprint density at radius 1 is 1.00 bits per heavy atom. The van der Waals surface area contributed by atoms with E-state index >= 15 is 0 Å². The standard InChI is InChI=1S/C21H19NO4/c1-14(16-11-6-8-15-7-2-3-9-17(15)16)22-20(24)13-26-21(25)18-10-4-5-12-19(18)23/h2-12,14,23H,13H2,1H3,(H,22,24)/t14-/m0/s1. The van der Waals surface area contributed by atoms with E-state index in [0.717, 1.165) is 16.3 Å². The molecule has 3 aromatic rings. The number of aromatic hydroxyl groups is 1. The second kappa shape index (κ2) is 7.70. The van der Waals surface area contributed by atoms with Crippen LogP contribution in [0.3, 0.4) is 0 Å². The molecule has 1 amide bonds. The number of esters is 1. The van der Waals surface area contributed by atoms with E-state index in [1.54, 1.807) is 12.1 Å². The number of phenolic OH excluding ortho intramolecular Hbond substituents is 1. The van der Waals surface area contributed by atoms with Gasteiger partial charge in [-0.05, 0) is 35.4 Å². The predicted molar refractivity (Wildman–Crippen MR) is 98.9 cm³/mol. The lowest BCUT2D eigenvalue weighted by atomic mass is 10.00. The number of ether oxygens (including phenoxy) is 1. The number of hydrogen-bond donors (Lipinski definition) is 2. The van der Waals surface area contributed by atoms with Gasteiger partial charge < -0.3 is 15.2 Å². The largest absolute Gasteiger partial charge is 0.507 e. The number of phenols is 1. The Balaban J connectivity index is 1.63. The highest BCUT2D eigenvalue weighted by Crippen LogP contribution is 2.24. The second-order valence-corrected chi connectivity index (χ2v) is 5.95. The van der Waals surface area contributed by atoms with Crippen molar-refractivity contribution >= 4 is 22.6 Å². The van der Waals surface area contributed by atoms with Crippen LogP contribution in [-0.2, 0) is 9.53 Å². The fourth-order valence-corrected chi connectivity index (χ4v) is 2.84. The Morgan fingerprint density at radius 3 is 2.50 bits per heavy atom. The maximum atomic E-state index is 12.1. The fraction of sp³-hybridized carbons (Fsp3) is 0.143. The van der Waals surface area contributed by atoms with Crippen LogP contribution in [0.5, 0.6) is 5.75 Å². The summed E-state index contributed by atoms with van der Waals surface area (Å²) in [5.41, 5.74) is 1.02. The van der Waals surface area contributed by atoms with Gasteiger partial charge >= 0.3 is 5.97 Å². The van der Waals surface area contributed by atoms with Crippen LogP contribution in [-0.4, -0.2) is 23.6 Å². The van der Waals surface area contributed by atoms with E-state index in [4.69, 9.17) is 4.74 Å². The predicted octanol–water partition coefficient (Wildman–Crippen LogP) is 3.58. The van der Waals surface area contributed by atoms with Gasteiger partial charge in [0.15, 0.2) is 6.61 Å². The molecule has 5 heteroatoms. The molecule has 0 fully saturated rings. The van der Waals surface area contributed by atoms with Crippen molar-refractivity contribution in [3.63, 3.8) is 0 Å². The smallest absolute Gasteiger partial charge is 0.342 e. The SMILES string of the molecule is C[C@H](NC(=O)COC(=O)c1ccccc1O)c1cccc2ccccc12. The van der Waals surface area contributed by atoms with Gasteiger partial charge in [0.05, 0.1) is 6.04 Å². The Bertz CT molecular complexity index is 946. The molecule has 3 rings (SSSR count). The minimum atomic E-state index is -0.740. The quantitative estimate of drug-likeness (QED) is 0.691. The number of benzene rings is 3. The van der Waals surface area contributed by atoms with Crippen molar-refractivity contribution in [3.8, 4) is 5.75 Å².